The fourth-order valence-electron chi connectivity index (χ4n) is 4.30. The van der Waals surface area contributed by atoms with Crippen LogP contribution in [0.1, 0.15) is 49.9 Å². The van der Waals surface area contributed by atoms with Crippen LogP contribution in [0.4, 0.5) is 5.82 Å². The molecule has 1 N–H and O–H groups in total. The summed E-state index contributed by atoms with van der Waals surface area (Å²) in [6, 6.07) is 7.57. The molecule has 0 bridgehead atoms. The Labute approximate surface area is 224 Å². The molecule has 1 fully saturated rings. The molecule has 4 aromatic rings. The van der Waals surface area contributed by atoms with Crippen LogP contribution in [0.15, 0.2) is 46.5 Å². The quantitative estimate of drug-likeness (QED) is 0.328. The molecule has 13 heteroatoms. The molecule has 0 radical (unpaired) electrons. The summed E-state index contributed by atoms with van der Waals surface area (Å²) in [6.07, 6.45) is 5.08. The fraction of sp³-hybridized carbons (Fsp3) is 0.346. The Hall–Kier alpha value is -4.44. The zero-order valence-corrected chi connectivity index (χ0v) is 22.4. The van der Waals surface area contributed by atoms with Crippen molar-refractivity contribution in [2.75, 3.05) is 18.2 Å². The van der Waals surface area contributed by atoms with Crippen molar-refractivity contribution in [3.05, 3.63) is 58.4 Å². The van der Waals surface area contributed by atoms with Crippen molar-refractivity contribution in [2.24, 2.45) is 0 Å². The smallest absolute Gasteiger partial charge is 0.295 e. The van der Waals surface area contributed by atoms with E-state index in [-0.39, 0.29) is 28.9 Å². The van der Waals surface area contributed by atoms with Gasteiger partial charge in [-0.2, -0.15) is 5.26 Å². The normalized spacial score (nSPS) is 13.4. The molecule has 0 atom stereocenters. The third kappa shape index (κ3) is 5.15. The monoisotopic (exact) mass is 546 g/mol. The molecule has 39 heavy (non-hydrogen) atoms. The van der Waals surface area contributed by atoms with Crippen LogP contribution in [0.5, 0.6) is 5.88 Å². The van der Waals surface area contributed by atoms with Crippen molar-refractivity contribution in [3.63, 3.8) is 0 Å². The van der Waals surface area contributed by atoms with Crippen molar-refractivity contribution in [3.8, 4) is 23.3 Å². The summed E-state index contributed by atoms with van der Waals surface area (Å²) in [4.78, 5) is 36.0. The van der Waals surface area contributed by atoms with Crippen LogP contribution in [0.25, 0.3) is 22.6 Å². The molecular weight excluding hydrogens is 520 g/mol. The lowest BCUT2D eigenvalue weighted by Gasteiger charge is -2.16. The summed E-state index contributed by atoms with van der Waals surface area (Å²) in [5, 5.41) is 11.8. The van der Waals surface area contributed by atoms with E-state index in [4.69, 9.17) is 15.0 Å². The largest absolute Gasteiger partial charge is 0.480 e. The number of hydrogen-bond donors (Lipinski definition) is 1. The summed E-state index contributed by atoms with van der Waals surface area (Å²) < 4.78 is 31.2. The second kappa shape index (κ2) is 10.4. The van der Waals surface area contributed by atoms with Gasteiger partial charge < -0.3 is 10.1 Å². The number of nitriles is 1. The SMILES string of the molecule is COc1ncnc(C2CC2)c1-c1ncc2nc(NCc3ccc(S(=O)(=O)CC#N)cc3)c(=O)n(C(C)C)c2n1. The molecule has 0 aliphatic heterocycles. The first kappa shape index (κ1) is 26.2. The van der Waals surface area contributed by atoms with E-state index in [0.29, 0.717) is 34.3 Å². The zero-order chi connectivity index (χ0) is 27.7. The Balaban J connectivity index is 1.50. The number of ether oxygens (including phenoxy) is 1. The molecule has 1 aliphatic carbocycles. The minimum Gasteiger partial charge on any atom is -0.480 e. The number of rotatable bonds is 9. The van der Waals surface area contributed by atoms with Gasteiger partial charge in [-0.25, -0.2) is 33.3 Å². The van der Waals surface area contributed by atoms with Gasteiger partial charge >= 0.3 is 0 Å². The summed E-state index contributed by atoms with van der Waals surface area (Å²) in [7, 11) is -2.12. The average molecular weight is 547 g/mol. The molecule has 200 valence electrons. The molecule has 0 unspecified atom stereocenters. The molecule has 12 nitrogen and oxygen atoms in total. The molecule has 0 spiro atoms. The van der Waals surface area contributed by atoms with Crippen molar-refractivity contribution in [1.29, 1.82) is 5.26 Å². The number of hydrogen-bond acceptors (Lipinski definition) is 11. The Morgan fingerprint density at radius 2 is 1.90 bits per heavy atom. The average Bonchev–Trinajstić information content (AvgIpc) is 3.77. The van der Waals surface area contributed by atoms with E-state index in [1.165, 1.54) is 25.6 Å². The van der Waals surface area contributed by atoms with Gasteiger partial charge in [-0.3, -0.25) is 9.36 Å². The number of aromatic nitrogens is 6. The molecule has 5 rings (SSSR count). The van der Waals surface area contributed by atoms with E-state index in [0.717, 1.165) is 24.1 Å². The number of nitrogens with zero attached hydrogens (tertiary/aromatic N) is 7. The lowest BCUT2D eigenvalue weighted by molar-refractivity contribution is 0.397. The second-order valence-corrected chi connectivity index (χ2v) is 11.5. The first-order valence-corrected chi connectivity index (χ1v) is 14.0. The standard InChI is InChI=1S/C26H26N8O4S/c1-15(2)34-24-19(13-29-22(33-24)20-21(17-6-7-17)30-14-31-25(20)38-3)32-23(26(34)35)28-12-16-4-8-18(9-5-16)39(36,37)11-10-27/h4-5,8-9,13-15,17H,6-7,11-12H2,1-3H3,(H,28,32). The highest BCUT2D eigenvalue weighted by Gasteiger charge is 2.31. The van der Waals surface area contributed by atoms with Gasteiger partial charge in [0.25, 0.3) is 5.56 Å². The molecule has 3 aromatic heterocycles. The molecule has 1 saturated carbocycles. The van der Waals surface area contributed by atoms with Gasteiger partial charge in [-0.15, -0.1) is 0 Å². The van der Waals surface area contributed by atoms with Crippen molar-refractivity contribution >= 4 is 26.8 Å². The molecule has 0 amide bonds. The van der Waals surface area contributed by atoms with Gasteiger partial charge in [0, 0.05) is 18.5 Å². The van der Waals surface area contributed by atoms with Crippen LogP contribution in [-0.4, -0.2) is 50.8 Å². The maximum absolute atomic E-state index is 13.5. The molecule has 1 aromatic carbocycles. The highest BCUT2D eigenvalue weighted by atomic mass is 32.2. The number of benzene rings is 1. The highest BCUT2D eigenvalue weighted by Crippen LogP contribution is 2.44. The van der Waals surface area contributed by atoms with Crippen LogP contribution >= 0.6 is 0 Å². The van der Waals surface area contributed by atoms with Gasteiger partial charge in [-0.1, -0.05) is 12.1 Å². The minimum atomic E-state index is -3.65. The number of nitrogens with one attached hydrogen (secondary N) is 1. The van der Waals surface area contributed by atoms with Gasteiger partial charge in [0.2, 0.25) is 5.88 Å². The number of fused-ring (bicyclic) bond motifs is 1. The van der Waals surface area contributed by atoms with E-state index in [9.17, 15) is 13.2 Å². The van der Waals surface area contributed by atoms with E-state index >= 15 is 0 Å². The van der Waals surface area contributed by atoms with E-state index in [2.05, 4.69) is 25.3 Å². The molecule has 3 heterocycles. The van der Waals surface area contributed by atoms with Gasteiger partial charge in [-0.05, 0) is 44.4 Å². The molecule has 0 saturated heterocycles. The Morgan fingerprint density at radius 1 is 1.15 bits per heavy atom. The van der Waals surface area contributed by atoms with Crippen molar-refractivity contribution in [2.45, 2.75) is 50.1 Å². The zero-order valence-electron chi connectivity index (χ0n) is 21.6. The third-order valence-electron chi connectivity index (χ3n) is 6.37. The molecule has 1 aliphatic rings. The topological polar surface area (TPSA) is 166 Å². The molecular formula is C26H26N8O4S. The minimum absolute atomic E-state index is 0.0667. The lowest BCUT2D eigenvalue weighted by atomic mass is 10.1. The summed E-state index contributed by atoms with van der Waals surface area (Å²) >= 11 is 0. The van der Waals surface area contributed by atoms with Gasteiger partial charge in [0.05, 0.1) is 30.0 Å². The van der Waals surface area contributed by atoms with E-state index < -0.39 is 15.6 Å². The van der Waals surface area contributed by atoms with Gasteiger partial charge in [0.15, 0.2) is 27.1 Å². The first-order chi connectivity index (χ1) is 18.7. The van der Waals surface area contributed by atoms with Crippen LogP contribution < -0.4 is 15.6 Å². The second-order valence-electron chi connectivity index (χ2n) is 9.46. The maximum Gasteiger partial charge on any atom is 0.295 e. The van der Waals surface area contributed by atoms with Crippen LogP contribution in [0.2, 0.25) is 0 Å². The number of anilines is 1. The lowest BCUT2D eigenvalue weighted by Crippen LogP contribution is -2.27. The van der Waals surface area contributed by atoms with Crippen molar-refractivity contribution in [1.82, 2.24) is 29.5 Å². The first-order valence-electron chi connectivity index (χ1n) is 12.3. The Morgan fingerprint density at radius 3 is 2.54 bits per heavy atom. The Kier molecular flexibility index (Phi) is 6.96. The van der Waals surface area contributed by atoms with E-state index in [1.807, 2.05) is 13.8 Å². The van der Waals surface area contributed by atoms with Crippen LogP contribution in [0.3, 0.4) is 0 Å². The predicted octanol–water partition coefficient (Wildman–Crippen LogP) is 3.02. The van der Waals surface area contributed by atoms with E-state index in [1.54, 1.807) is 29.0 Å². The summed E-state index contributed by atoms with van der Waals surface area (Å²) in [6.45, 7) is 4.00. The van der Waals surface area contributed by atoms with Crippen LogP contribution in [-0.2, 0) is 16.4 Å². The fourth-order valence-corrected chi connectivity index (χ4v) is 5.19. The van der Waals surface area contributed by atoms with Crippen LogP contribution in [0, 0.1) is 11.3 Å². The third-order valence-corrected chi connectivity index (χ3v) is 7.87. The summed E-state index contributed by atoms with van der Waals surface area (Å²) in [5.74, 6) is 0.574. The summed E-state index contributed by atoms with van der Waals surface area (Å²) in [5.41, 5.74) is 2.64. The Bertz CT molecular complexity index is 1760. The predicted molar refractivity (Wildman–Crippen MR) is 143 cm³/mol. The number of methoxy groups -OCH3 is 1. The number of sulfone groups is 1. The maximum atomic E-state index is 13.5. The van der Waals surface area contributed by atoms with Crippen molar-refractivity contribution < 1.29 is 13.2 Å². The van der Waals surface area contributed by atoms with Gasteiger partial charge in [0.1, 0.15) is 23.2 Å². The highest BCUT2D eigenvalue weighted by molar-refractivity contribution is 7.91.